The highest BCUT2D eigenvalue weighted by atomic mass is 15.1. The molecule has 1 aliphatic heterocycles. The zero-order chi connectivity index (χ0) is 16.9. The summed E-state index contributed by atoms with van der Waals surface area (Å²) >= 11 is 0. The van der Waals surface area contributed by atoms with Gasteiger partial charge in [0.15, 0.2) is 0 Å². The number of aryl methyl sites for hydroxylation is 2. The van der Waals surface area contributed by atoms with E-state index >= 15 is 0 Å². The summed E-state index contributed by atoms with van der Waals surface area (Å²) in [6.07, 6.45) is 4.07. The molecule has 1 fully saturated rings. The molecule has 1 aromatic heterocycles. The van der Waals surface area contributed by atoms with E-state index in [1.807, 2.05) is 38.2 Å². The van der Waals surface area contributed by atoms with Crippen LogP contribution in [-0.2, 0) is 6.54 Å². The fourth-order valence-corrected chi connectivity index (χ4v) is 3.10. The van der Waals surface area contributed by atoms with Crippen molar-refractivity contribution in [3.05, 3.63) is 53.0 Å². The second-order valence-corrected chi connectivity index (χ2v) is 6.46. The van der Waals surface area contributed by atoms with Crippen LogP contribution in [0.4, 0.5) is 5.82 Å². The van der Waals surface area contributed by atoms with Gasteiger partial charge in [-0.1, -0.05) is 12.1 Å². The van der Waals surface area contributed by atoms with Gasteiger partial charge < -0.3 is 5.32 Å². The third kappa shape index (κ3) is 4.09. The molecule has 1 aromatic carbocycles. The number of anilines is 1. The van der Waals surface area contributed by atoms with Gasteiger partial charge in [0, 0.05) is 37.4 Å². The van der Waals surface area contributed by atoms with Crippen LogP contribution in [0.15, 0.2) is 30.5 Å². The zero-order valence-electron chi connectivity index (χ0n) is 14.3. The minimum atomic E-state index is 0.458. The molecular weight excluding hydrogens is 298 g/mol. The summed E-state index contributed by atoms with van der Waals surface area (Å²) in [7, 11) is 0. The summed E-state index contributed by atoms with van der Waals surface area (Å²) in [6.45, 7) is 6.98. The number of piperidine rings is 1. The number of nitrogens with zero attached hydrogens (tertiary/aromatic N) is 4. The Morgan fingerprint density at radius 1 is 1.29 bits per heavy atom. The van der Waals surface area contributed by atoms with Crippen molar-refractivity contribution in [2.45, 2.75) is 39.3 Å². The van der Waals surface area contributed by atoms with Gasteiger partial charge in [-0.25, -0.2) is 9.97 Å². The Kier molecular flexibility index (Phi) is 5.07. The van der Waals surface area contributed by atoms with Crippen LogP contribution in [-0.4, -0.2) is 34.0 Å². The van der Waals surface area contributed by atoms with Crippen molar-refractivity contribution in [2.24, 2.45) is 0 Å². The van der Waals surface area contributed by atoms with Crippen LogP contribution in [0.25, 0.3) is 0 Å². The van der Waals surface area contributed by atoms with E-state index in [9.17, 15) is 0 Å². The molecule has 0 amide bonds. The van der Waals surface area contributed by atoms with E-state index in [0.717, 1.165) is 55.2 Å². The van der Waals surface area contributed by atoms with Crippen LogP contribution >= 0.6 is 0 Å². The van der Waals surface area contributed by atoms with Crippen molar-refractivity contribution in [3.63, 3.8) is 0 Å². The smallest absolute Gasteiger partial charge is 0.132 e. The normalized spacial score (nSPS) is 15.9. The molecule has 0 unspecified atom stereocenters. The maximum Gasteiger partial charge on any atom is 0.132 e. The van der Waals surface area contributed by atoms with Crippen LogP contribution in [0.5, 0.6) is 0 Å². The van der Waals surface area contributed by atoms with Gasteiger partial charge in [-0.2, -0.15) is 5.26 Å². The minimum absolute atomic E-state index is 0.458. The van der Waals surface area contributed by atoms with Gasteiger partial charge >= 0.3 is 0 Å². The molecule has 5 nitrogen and oxygen atoms in total. The summed E-state index contributed by atoms with van der Waals surface area (Å²) in [5.41, 5.74) is 3.04. The molecule has 1 N–H and O–H groups in total. The first-order valence-electron chi connectivity index (χ1n) is 8.42. The second kappa shape index (κ2) is 7.41. The first-order chi connectivity index (χ1) is 11.6. The number of hydrogen-bond acceptors (Lipinski definition) is 5. The number of hydrogen-bond donors (Lipinski definition) is 1. The second-order valence-electron chi connectivity index (χ2n) is 6.46. The Bertz CT molecular complexity index is 742. The molecule has 0 bridgehead atoms. The Morgan fingerprint density at radius 2 is 2.08 bits per heavy atom. The minimum Gasteiger partial charge on any atom is -0.367 e. The lowest BCUT2D eigenvalue weighted by molar-refractivity contribution is 0.211. The lowest BCUT2D eigenvalue weighted by Crippen LogP contribution is -2.39. The van der Waals surface area contributed by atoms with Crippen molar-refractivity contribution < 1.29 is 0 Å². The molecule has 5 heteroatoms. The lowest BCUT2D eigenvalue weighted by atomic mass is 10.0. The third-order valence-corrected chi connectivity index (χ3v) is 4.48. The molecule has 3 rings (SSSR count). The molecular formula is C19H23N5. The van der Waals surface area contributed by atoms with Crippen LogP contribution in [0.2, 0.25) is 0 Å². The van der Waals surface area contributed by atoms with E-state index in [1.54, 1.807) is 0 Å². The van der Waals surface area contributed by atoms with E-state index in [1.165, 1.54) is 5.56 Å². The Balaban J connectivity index is 1.54. The van der Waals surface area contributed by atoms with Crippen molar-refractivity contribution in [2.75, 3.05) is 18.4 Å². The zero-order valence-corrected chi connectivity index (χ0v) is 14.3. The number of nitrogens with one attached hydrogen (secondary N) is 1. The highest BCUT2D eigenvalue weighted by Crippen LogP contribution is 2.19. The summed E-state index contributed by atoms with van der Waals surface area (Å²) in [5.74, 6) is 1.76. The number of rotatable bonds is 4. The van der Waals surface area contributed by atoms with Gasteiger partial charge in [-0.3, -0.25) is 4.90 Å². The number of likely N-dealkylation sites (tertiary alicyclic amines) is 1. The third-order valence-electron chi connectivity index (χ3n) is 4.48. The molecule has 0 radical (unpaired) electrons. The Morgan fingerprint density at radius 3 is 2.83 bits per heavy atom. The van der Waals surface area contributed by atoms with Crippen molar-refractivity contribution in [1.82, 2.24) is 14.9 Å². The van der Waals surface area contributed by atoms with Gasteiger partial charge in [0.05, 0.1) is 11.6 Å². The van der Waals surface area contributed by atoms with E-state index < -0.39 is 0 Å². The molecule has 0 atom stereocenters. The summed E-state index contributed by atoms with van der Waals surface area (Å²) in [6, 6.07) is 10.6. The maximum absolute atomic E-state index is 9.00. The monoisotopic (exact) mass is 321 g/mol. The van der Waals surface area contributed by atoms with Gasteiger partial charge in [0.2, 0.25) is 0 Å². The average Bonchev–Trinajstić information content (AvgIpc) is 2.60. The number of aromatic nitrogens is 2. The SMILES string of the molecule is Cc1ncc(C)c(NC2CCN(Cc3cccc(C#N)c3)CC2)n1. The molecule has 24 heavy (non-hydrogen) atoms. The van der Waals surface area contributed by atoms with Crippen LogP contribution < -0.4 is 5.32 Å². The van der Waals surface area contributed by atoms with Gasteiger partial charge in [-0.15, -0.1) is 0 Å². The molecule has 0 spiro atoms. The Hall–Kier alpha value is -2.45. The molecule has 2 aromatic rings. The summed E-state index contributed by atoms with van der Waals surface area (Å²) in [5, 5.41) is 12.6. The van der Waals surface area contributed by atoms with Crippen molar-refractivity contribution >= 4 is 5.82 Å². The number of nitriles is 1. The largest absolute Gasteiger partial charge is 0.367 e. The molecule has 0 saturated carbocycles. The van der Waals surface area contributed by atoms with Crippen molar-refractivity contribution in [3.8, 4) is 6.07 Å². The fraction of sp³-hybridized carbons (Fsp3) is 0.421. The summed E-state index contributed by atoms with van der Waals surface area (Å²) in [4.78, 5) is 11.2. The molecule has 124 valence electrons. The Labute approximate surface area is 143 Å². The van der Waals surface area contributed by atoms with E-state index in [4.69, 9.17) is 5.26 Å². The van der Waals surface area contributed by atoms with E-state index in [-0.39, 0.29) is 0 Å². The first-order valence-corrected chi connectivity index (χ1v) is 8.42. The summed E-state index contributed by atoms with van der Waals surface area (Å²) < 4.78 is 0. The molecule has 1 aliphatic rings. The molecule has 1 saturated heterocycles. The van der Waals surface area contributed by atoms with Crippen LogP contribution in [0.3, 0.4) is 0 Å². The highest BCUT2D eigenvalue weighted by Gasteiger charge is 2.20. The van der Waals surface area contributed by atoms with Gasteiger partial charge in [0.1, 0.15) is 11.6 Å². The average molecular weight is 321 g/mol. The lowest BCUT2D eigenvalue weighted by Gasteiger charge is -2.32. The predicted molar refractivity (Wildman–Crippen MR) is 94.6 cm³/mol. The highest BCUT2D eigenvalue weighted by molar-refractivity contribution is 5.43. The van der Waals surface area contributed by atoms with Gasteiger partial charge in [0.25, 0.3) is 0 Å². The van der Waals surface area contributed by atoms with Crippen LogP contribution in [0.1, 0.15) is 35.4 Å². The fourth-order valence-electron chi connectivity index (χ4n) is 3.10. The quantitative estimate of drug-likeness (QED) is 0.937. The first kappa shape index (κ1) is 16.4. The van der Waals surface area contributed by atoms with E-state index in [0.29, 0.717) is 6.04 Å². The number of benzene rings is 1. The topological polar surface area (TPSA) is 64.8 Å². The van der Waals surface area contributed by atoms with Crippen molar-refractivity contribution in [1.29, 1.82) is 5.26 Å². The van der Waals surface area contributed by atoms with Gasteiger partial charge in [-0.05, 0) is 44.4 Å². The van der Waals surface area contributed by atoms with Crippen LogP contribution in [0, 0.1) is 25.2 Å². The standard InChI is InChI=1S/C19H23N5/c1-14-12-21-15(2)22-19(14)23-18-6-8-24(9-7-18)13-17-5-3-4-16(10-17)11-20/h3-5,10,12,18H,6-9,13H2,1-2H3,(H,21,22,23). The molecule has 2 heterocycles. The van der Waals surface area contributed by atoms with E-state index in [2.05, 4.69) is 32.3 Å². The predicted octanol–water partition coefficient (Wildman–Crippen LogP) is 3.04. The maximum atomic E-state index is 9.00. The molecule has 0 aliphatic carbocycles.